The number of anilines is 3. The maximum atomic E-state index is 9.96. The average Bonchev–Trinajstić information content (AvgIpc) is 3.38. The summed E-state index contributed by atoms with van der Waals surface area (Å²) in [6.45, 7) is 4.60. The van der Waals surface area contributed by atoms with Crippen molar-refractivity contribution in [1.82, 2.24) is 19.7 Å². The highest BCUT2D eigenvalue weighted by Gasteiger charge is 2.36. The van der Waals surface area contributed by atoms with E-state index in [4.69, 9.17) is 21.1 Å². The van der Waals surface area contributed by atoms with E-state index < -0.39 is 5.41 Å². The second-order valence-corrected chi connectivity index (χ2v) is 9.01. The van der Waals surface area contributed by atoms with Crippen molar-refractivity contribution in [2.45, 2.75) is 25.0 Å². The summed E-state index contributed by atoms with van der Waals surface area (Å²) in [5, 5.41) is 30.8. The number of nitrogens with zero attached hydrogens (tertiary/aromatic N) is 5. The first-order valence-electron chi connectivity index (χ1n) is 11.0. The van der Waals surface area contributed by atoms with Crippen molar-refractivity contribution in [3.8, 4) is 17.3 Å². The molecule has 1 fully saturated rings. The molecule has 1 unspecified atom stereocenters. The first-order chi connectivity index (χ1) is 16.5. The summed E-state index contributed by atoms with van der Waals surface area (Å²) in [6, 6.07) is 9.50. The number of hydrogen-bond acceptors (Lipinski definition) is 9. The van der Waals surface area contributed by atoms with Crippen LogP contribution in [-0.2, 0) is 21.4 Å². The Balaban J connectivity index is 1.44. The molecule has 1 aromatic carbocycles. The van der Waals surface area contributed by atoms with Gasteiger partial charge in [0.05, 0.1) is 49.9 Å². The van der Waals surface area contributed by atoms with Gasteiger partial charge in [0.1, 0.15) is 18.0 Å². The standard InChI is InChI=1S/C23H24ClN7O3/c1-23(13-32)12-27-21-15(9-25)6-14(7-17(21)23)18-2-3-26-22(28-18)29-20-8-19(24)30-31(20)10-16-11-33-4-5-34-16/h2-3,6-8,16,27,32H,4-5,10-13H2,1H3,(H,26,28,29)/t16-,23?/m0/s1. The second-order valence-electron chi connectivity index (χ2n) is 8.62. The fourth-order valence-electron chi connectivity index (χ4n) is 4.22. The summed E-state index contributed by atoms with van der Waals surface area (Å²) in [5.74, 6) is 0.984. The minimum absolute atomic E-state index is 0.0294. The molecule has 0 radical (unpaired) electrons. The van der Waals surface area contributed by atoms with E-state index in [0.29, 0.717) is 61.1 Å². The van der Waals surface area contributed by atoms with E-state index in [9.17, 15) is 10.4 Å². The zero-order valence-corrected chi connectivity index (χ0v) is 19.3. The maximum Gasteiger partial charge on any atom is 0.228 e. The predicted molar refractivity (Wildman–Crippen MR) is 126 cm³/mol. The van der Waals surface area contributed by atoms with Gasteiger partial charge in [-0.3, -0.25) is 0 Å². The van der Waals surface area contributed by atoms with Gasteiger partial charge in [-0.25, -0.2) is 14.6 Å². The molecule has 2 aliphatic rings. The van der Waals surface area contributed by atoms with E-state index >= 15 is 0 Å². The van der Waals surface area contributed by atoms with Gasteiger partial charge < -0.3 is 25.2 Å². The van der Waals surface area contributed by atoms with Gasteiger partial charge in [0, 0.05) is 29.8 Å². The fourth-order valence-corrected chi connectivity index (χ4v) is 4.41. The molecular weight excluding hydrogens is 458 g/mol. The third kappa shape index (κ3) is 4.31. The number of aliphatic hydroxyl groups is 1. The molecule has 0 amide bonds. The van der Waals surface area contributed by atoms with Gasteiger partial charge in [-0.15, -0.1) is 0 Å². The number of fused-ring (bicyclic) bond motifs is 1. The van der Waals surface area contributed by atoms with Gasteiger partial charge in [-0.05, 0) is 23.8 Å². The van der Waals surface area contributed by atoms with Crippen LogP contribution < -0.4 is 10.6 Å². The summed E-state index contributed by atoms with van der Waals surface area (Å²) in [4.78, 5) is 8.99. The first-order valence-corrected chi connectivity index (χ1v) is 11.3. The van der Waals surface area contributed by atoms with Gasteiger partial charge in [-0.2, -0.15) is 10.4 Å². The number of halogens is 1. The molecule has 10 nitrogen and oxygen atoms in total. The van der Waals surface area contributed by atoms with Gasteiger partial charge >= 0.3 is 0 Å². The van der Waals surface area contributed by atoms with Crippen molar-refractivity contribution in [3.63, 3.8) is 0 Å². The lowest BCUT2D eigenvalue weighted by atomic mass is 9.83. The molecule has 176 valence electrons. The molecule has 2 aromatic heterocycles. The summed E-state index contributed by atoms with van der Waals surface area (Å²) in [5.41, 5.74) is 3.12. The van der Waals surface area contributed by atoms with E-state index in [0.717, 1.165) is 16.8 Å². The quantitative estimate of drug-likeness (QED) is 0.486. The molecule has 2 aliphatic heterocycles. The molecule has 3 aromatic rings. The number of aliphatic hydroxyl groups excluding tert-OH is 1. The molecule has 4 heterocycles. The van der Waals surface area contributed by atoms with E-state index in [1.165, 1.54) is 0 Å². The number of benzene rings is 1. The number of rotatable bonds is 6. The van der Waals surface area contributed by atoms with Crippen molar-refractivity contribution in [2.75, 3.05) is 43.6 Å². The summed E-state index contributed by atoms with van der Waals surface area (Å²) in [7, 11) is 0. The van der Waals surface area contributed by atoms with Crippen LogP contribution in [0.3, 0.4) is 0 Å². The minimum atomic E-state index is -0.473. The number of aromatic nitrogens is 4. The predicted octanol–water partition coefficient (Wildman–Crippen LogP) is 2.70. The van der Waals surface area contributed by atoms with E-state index in [1.807, 2.05) is 13.0 Å². The first kappa shape index (κ1) is 22.6. The molecule has 11 heteroatoms. The summed E-state index contributed by atoms with van der Waals surface area (Å²) < 4.78 is 12.9. The van der Waals surface area contributed by atoms with Crippen molar-refractivity contribution in [1.29, 1.82) is 5.26 Å². The van der Waals surface area contributed by atoms with Crippen LogP contribution in [0.4, 0.5) is 17.5 Å². The van der Waals surface area contributed by atoms with E-state index in [2.05, 4.69) is 31.8 Å². The third-order valence-electron chi connectivity index (χ3n) is 6.12. The zero-order valence-electron chi connectivity index (χ0n) is 18.6. The van der Waals surface area contributed by atoms with Crippen molar-refractivity contribution in [2.24, 2.45) is 0 Å². The Kier molecular flexibility index (Phi) is 6.10. The Morgan fingerprint density at radius 3 is 3.03 bits per heavy atom. The molecule has 2 atom stereocenters. The number of nitriles is 1. The summed E-state index contributed by atoms with van der Waals surface area (Å²) in [6.07, 6.45) is 1.52. The molecule has 3 N–H and O–H groups in total. The van der Waals surface area contributed by atoms with E-state index in [1.54, 1.807) is 29.1 Å². The lowest BCUT2D eigenvalue weighted by molar-refractivity contribution is -0.0944. The van der Waals surface area contributed by atoms with Crippen LogP contribution >= 0.6 is 11.6 Å². The maximum absolute atomic E-state index is 9.96. The third-order valence-corrected chi connectivity index (χ3v) is 6.30. The smallest absolute Gasteiger partial charge is 0.228 e. The van der Waals surface area contributed by atoms with Crippen molar-refractivity contribution in [3.05, 3.63) is 46.7 Å². The lowest BCUT2D eigenvalue weighted by Gasteiger charge is -2.23. The van der Waals surface area contributed by atoms with Crippen molar-refractivity contribution >= 4 is 29.1 Å². The fraction of sp³-hybridized carbons (Fsp3) is 0.391. The Hall–Kier alpha value is -3.23. The van der Waals surface area contributed by atoms with Crippen LogP contribution in [0.1, 0.15) is 18.1 Å². The topological polar surface area (TPSA) is 130 Å². The average molecular weight is 482 g/mol. The number of nitrogens with one attached hydrogen (secondary N) is 2. The van der Waals surface area contributed by atoms with Crippen molar-refractivity contribution < 1.29 is 14.6 Å². The molecule has 5 rings (SSSR count). The molecule has 0 aliphatic carbocycles. The normalized spacial score (nSPS) is 21.5. The molecule has 0 bridgehead atoms. The Labute approximate surface area is 201 Å². The Morgan fingerprint density at radius 2 is 2.26 bits per heavy atom. The highest BCUT2D eigenvalue weighted by Crippen LogP contribution is 2.41. The largest absolute Gasteiger partial charge is 0.395 e. The van der Waals surface area contributed by atoms with Gasteiger partial charge in [0.15, 0.2) is 5.15 Å². The Morgan fingerprint density at radius 1 is 1.38 bits per heavy atom. The van der Waals surface area contributed by atoms with Crippen LogP contribution in [0.25, 0.3) is 11.3 Å². The Bertz CT molecular complexity index is 1250. The number of hydrogen-bond donors (Lipinski definition) is 3. The zero-order chi connectivity index (χ0) is 23.7. The van der Waals surface area contributed by atoms with Crippen LogP contribution in [-0.4, -0.2) is 63.9 Å². The highest BCUT2D eigenvalue weighted by molar-refractivity contribution is 6.29. The van der Waals surface area contributed by atoms with E-state index in [-0.39, 0.29) is 12.7 Å². The van der Waals surface area contributed by atoms with Crippen LogP contribution in [0, 0.1) is 11.3 Å². The minimum Gasteiger partial charge on any atom is -0.395 e. The molecular formula is C23H24ClN7O3. The van der Waals surface area contributed by atoms with Crippen LogP contribution in [0.2, 0.25) is 5.15 Å². The molecule has 0 spiro atoms. The second kappa shape index (κ2) is 9.19. The molecule has 1 saturated heterocycles. The van der Waals surface area contributed by atoms with Gasteiger partial charge in [0.25, 0.3) is 0 Å². The molecule has 0 saturated carbocycles. The van der Waals surface area contributed by atoms with Crippen LogP contribution in [0.5, 0.6) is 0 Å². The highest BCUT2D eigenvalue weighted by atomic mass is 35.5. The monoisotopic (exact) mass is 481 g/mol. The van der Waals surface area contributed by atoms with Gasteiger partial charge in [-0.1, -0.05) is 18.5 Å². The van der Waals surface area contributed by atoms with Gasteiger partial charge in [0.2, 0.25) is 5.95 Å². The number of ether oxygens (including phenoxy) is 2. The lowest BCUT2D eigenvalue weighted by Crippen LogP contribution is -2.32. The summed E-state index contributed by atoms with van der Waals surface area (Å²) >= 11 is 6.16. The molecule has 34 heavy (non-hydrogen) atoms. The SMILES string of the molecule is CC1(CO)CNc2c(C#N)cc(-c3ccnc(Nc4cc(Cl)nn4C[C@H]4COCCO4)n3)cc21. The van der Waals surface area contributed by atoms with Crippen LogP contribution in [0.15, 0.2) is 30.5 Å².